The van der Waals surface area contributed by atoms with E-state index in [1.165, 1.54) is 34.9 Å². The molecule has 0 saturated heterocycles. The number of oxime groups is 1. The van der Waals surface area contributed by atoms with Crippen molar-refractivity contribution in [3.8, 4) is 0 Å². The number of primary amides is 1. The molecule has 33 heavy (non-hydrogen) atoms. The molecule has 1 saturated carbocycles. The van der Waals surface area contributed by atoms with E-state index in [4.69, 9.17) is 19.9 Å². The summed E-state index contributed by atoms with van der Waals surface area (Å²) in [6.45, 7) is 6.19. The Kier molecular flexibility index (Phi) is 5.97. The van der Waals surface area contributed by atoms with Crippen molar-refractivity contribution in [2.45, 2.75) is 37.8 Å². The molecule has 2 heterocycles. The fourth-order valence-corrected chi connectivity index (χ4v) is 5.30. The zero-order valence-corrected chi connectivity index (χ0v) is 20.2. The highest BCUT2D eigenvalue weighted by atomic mass is 79.9. The third-order valence-corrected chi connectivity index (χ3v) is 7.16. The number of nitrogens with two attached hydrogens (primary N) is 1. The van der Waals surface area contributed by atoms with Crippen molar-refractivity contribution in [2.75, 3.05) is 10.7 Å². The van der Waals surface area contributed by atoms with Gasteiger partial charge in [-0.15, -0.1) is 0 Å². The maximum Gasteiger partial charge on any atom is 0.405 e. The van der Waals surface area contributed by atoms with Crippen LogP contribution in [0.15, 0.2) is 43.4 Å². The molecule has 4 rings (SSSR count). The molecule has 1 aromatic carbocycles. The van der Waals surface area contributed by atoms with Gasteiger partial charge in [0.05, 0.1) is 10.2 Å². The van der Waals surface area contributed by atoms with Crippen molar-refractivity contribution >= 4 is 51.2 Å². The number of ether oxygens (including phenoxy) is 1. The van der Waals surface area contributed by atoms with E-state index in [0.29, 0.717) is 22.9 Å². The summed E-state index contributed by atoms with van der Waals surface area (Å²) in [5.41, 5.74) is 5.03. The molecule has 0 radical (unpaired) electrons. The first-order valence-electron chi connectivity index (χ1n) is 9.75. The first-order valence-corrected chi connectivity index (χ1v) is 11.5. The van der Waals surface area contributed by atoms with E-state index >= 15 is 0 Å². The maximum atomic E-state index is 13.7. The third kappa shape index (κ3) is 4.48. The van der Waals surface area contributed by atoms with Crippen molar-refractivity contribution in [3.63, 3.8) is 0 Å². The lowest BCUT2D eigenvalue weighted by Crippen LogP contribution is -2.32. The quantitative estimate of drug-likeness (QED) is 0.429. The smallest absolute Gasteiger partial charge is 0.405 e. The molecule has 2 aliphatic rings. The summed E-state index contributed by atoms with van der Waals surface area (Å²) in [6.07, 6.45) is -0.187. The predicted molar refractivity (Wildman–Crippen MR) is 119 cm³/mol. The van der Waals surface area contributed by atoms with Crippen LogP contribution in [-0.2, 0) is 14.4 Å². The molecule has 1 fully saturated rings. The Hall–Kier alpha value is -2.89. The lowest BCUT2D eigenvalue weighted by Gasteiger charge is -2.24. The molecule has 13 heteroatoms. The molecule has 0 bridgehead atoms. The van der Waals surface area contributed by atoms with Gasteiger partial charge in [0.1, 0.15) is 11.4 Å². The number of benzene rings is 1. The second kappa shape index (κ2) is 8.47. The highest BCUT2D eigenvalue weighted by molar-refractivity contribution is 9.10. The third-order valence-electron chi connectivity index (χ3n) is 5.38. The number of carbonyl (C=O) groups excluding carboxylic acids is 2. The van der Waals surface area contributed by atoms with Gasteiger partial charge in [-0.1, -0.05) is 37.7 Å². The van der Waals surface area contributed by atoms with Gasteiger partial charge >= 0.3 is 12.0 Å². The number of thioether (sulfide) groups is 1. The van der Waals surface area contributed by atoms with Crippen LogP contribution in [0.25, 0.3) is 0 Å². The molecule has 1 amide bonds. The minimum Gasteiger partial charge on any atom is -0.442 e. The van der Waals surface area contributed by atoms with Crippen molar-refractivity contribution in [2.24, 2.45) is 22.2 Å². The normalized spacial score (nSPS) is 22.0. The zero-order chi connectivity index (χ0) is 24.0. The number of hydrogen-bond donors (Lipinski definition) is 1. The van der Waals surface area contributed by atoms with Crippen molar-refractivity contribution in [3.05, 3.63) is 40.1 Å². The summed E-state index contributed by atoms with van der Waals surface area (Å²) in [6, 6.07) is 4.11. The highest BCUT2D eigenvalue weighted by Gasteiger charge is 2.62. The monoisotopic (exact) mass is 539 g/mol. The second-order valence-corrected chi connectivity index (χ2v) is 10.5. The number of rotatable bonds is 6. The molecule has 1 aromatic heterocycles. The minimum atomic E-state index is -0.844. The largest absolute Gasteiger partial charge is 0.442 e. The Balaban J connectivity index is 1.60. The molecule has 10 nitrogen and oxygen atoms in total. The first-order chi connectivity index (χ1) is 15.6. The Morgan fingerprint density at radius 3 is 2.82 bits per heavy atom. The summed E-state index contributed by atoms with van der Waals surface area (Å²) in [5, 5.41) is 12.1. The van der Waals surface area contributed by atoms with E-state index in [2.05, 4.69) is 52.2 Å². The molecule has 2 unspecified atom stereocenters. The van der Waals surface area contributed by atoms with Crippen LogP contribution in [-0.4, -0.2) is 39.5 Å². The summed E-state index contributed by atoms with van der Waals surface area (Å²) < 4.78 is 24.3. The Morgan fingerprint density at radius 1 is 1.45 bits per heavy atom. The number of amidine groups is 1. The van der Waals surface area contributed by atoms with Gasteiger partial charge in [0.25, 0.3) is 0 Å². The molecule has 2 aromatic rings. The van der Waals surface area contributed by atoms with E-state index in [1.807, 2.05) is 0 Å². The molecule has 1 aliphatic carbocycles. The summed E-state index contributed by atoms with van der Waals surface area (Å²) in [5.74, 6) is 1.48. The van der Waals surface area contributed by atoms with Gasteiger partial charge in [0.2, 0.25) is 5.84 Å². The van der Waals surface area contributed by atoms with E-state index < -0.39 is 17.5 Å². The molecule has 2 atom stereocenters. The summed E-state index contributed by atoms with van der Waals surface area (Å²) >= 11 is 4.36. The van der Waals surface area contributed by atoms with Gasteiger partial charge in [0, 0.05) is 11.7 Å². The van der Waals surface area contributed by atoms with Gasteiger partial charge in [-0.2, -0.15) is 0 Å². The zero-order valence-electron chi connectivity index (χ0n) is 17.8. The standard InChI is InChI=1S/C20H19BrFN5O5S/c1-19(2,3)13-7-20(13,30-18(23)29)9-33-17-15(24-32-26-17)16-25-31-14(8-28)27(16)10-4-5-12(22)11(21)6-10/h4-6,13H,7,9H2,1-3H3,(H2,23,29). The molecular weight excluding hydrogens is 521 g/mol. The molecule has 2 N–H and O–H groups in total. The van der Waals surface area contributed by atoms with Gasteiger partial charge in [-0.3, -0.25) is 0 Å². The lowest BCUT2D eigenvalue weighted by molar-refractivity contribution is 0.0791. The van der Waals surface area contributed by atoms with Crippen LogP contribution in [0.3, 0.4) is 0 Å². The first kappa shape index (κ1) is 23.3. The second-order valence-electron chi connectivity index (χ2n) is 8.66. The van der Waals surface area contributed by atoms with E-state index in [1.54, 1.807) is 5.94 Å². The maximum absolute atomic E-state index is 13.7. The molecular formula is C20H19BrFN5O5S. The number of anilines is 1. The van der Waals surface area contributed by atoms with Crippen molar-refractivity contribution in [1.82, 2.24) is 10.3 Å². The Labute approximate surface area is 200 Å². The number of halogens is 2. The minimum absolute atomic E-state index is 0.0965. The molecule has 0 spiro atoms. The van der Waals surface area contributed by atoms with Crippen molar-refractivity contribution < 1.29 is 28.2 Å². The van der Waals surface area contributed by atoms with E-state index in [0.717, 1.165) is 0 Å². The average Bonchev–Trinajstić information content (AvgIpc) is 3.09. The van der Waals surface area contributed by atoms with Crippen LogP contribution in [0.2, 0.25) is 0 Å². The van der Waals surface area contributed by atoms with Gasteiger partial charge in [-0.05, 0) is 56.3 Å². The molecule has 1 aliphatic heterocycles. The fraction of sp³-hybridized carbons (Fsp3) is 0.400. The van der Waals surface area contributed by atoms with Crippen LogP contribution in [0.1, 0.15) is 32.9 Å². The number of hydrogen-bond acceptors (Lipinski definition) is 10. The lowest BCUT2D eigenvalue weighted by atomic mass is 9.88. The van der Waals surface area contributed by atoms with Gasteiger partial charge < -0.3 is 15.3 Å². The summed E-state index contributed by atoms with van der Waals surface area (Å²) in [7, 11) is 0. The van der Waals surface area contributed by atoms with Crippen molar-refractivity contribution in [1.29, 1.82) is 0 Å². The number of aromatic nitrogens is 2. The fourth-order valence-electron chi connectivity index (χ4n) is 3.83. The number of nitrogens with zero attached hydrogens (tertiary/aromatic N) is 4. The number of amides is 1. The SMILES string of the molecule is CC(C)(C)C1CC1(CSc1nonc1C1=NOC(=C=O)N1c1ccc(F)c(Br)c1)OC(N)=O. The average molecular weight is 540 g/mol. The van der Waals surface area contributed by atoms with Crippen LogP contribution in [0, 0.1) is 17.2 Å². The van der Waals surface area contributed by atoms with E-state index in [9.17, 15) is 14.0 Å². The highest BCUT2D eigenvalue weighted by Crippen LogP contribution is 2.58. The van der Waals surface area contributed by atoms with E-state index in [-0.39, 0.29) is 33.2 Å². The van der Waals surface area contributed by atoms with Gasteiger partial charge in [-0.25, -0.2) is 23.5 Å². The number of carbonyl (C=O) groups is 1. The van der Waals surface area contributed by atoms with Crippen LogP contribution in [0.4, 0.5) is 14.9 Å². The van der Waals surface area contributed by atoms with Crippen LogP contribution in [0.5, 0.6) is 0 Å². The predicted octanol–water partition coefficient (Wildman–Crippen LogP) is 3.83. The van der Waals surface area contributed by atoms with Gasteiger partial charge in [0.15, 0.2) is 16.7 Å². The molecule has 174 valence electrons. The summed E-state index contributed by atoms with van der Waals surface area (Å²) in [4.78, 5) is 29.4. The van der Waals surface area contributed by atoms with Crippen LogP contribution < -0.4 is 10.6 Å². The van der Waals surface area contributed by atoms with Crippen LogP contribution >= 0.6 is 27.7 Å². The topological polar surface area (TPSA) is 133 Å². The Bertz CT molecular complexity index is 1190. The Morgan fingerprint density at radius 2 is 2.21 bits per heavy atom.